The third-order valence-corrected chi connectivity index (χ3v) is 5.15. The van der Waals surface area contributed by atoms with Crippen molar-refractivity contribution in [1.82, 2.24) is 0 Å². The average Bonchev–Trinajstić information content (AvgIpc) is 2.69. The van der Waals surface area contributed by atoms with Crippen LogP contribution in [0.4, 0.5) is 0 Å². The molecular weight excluding hydrogens is 404 g/mol. The van der Waals surface area contributed by atoms with Crippen LogP contribution >= 0.6 is 15.9 Å². The highest BCUT2D eigenvalue weighted by Crippen LogP contribution is 2.26. The van der Waals surface area contributed by atoms with E-state index in [4.69, 9.17) is 9.47 Å². The first kappa shape index (κ1) is 20.1. The van der Waals surface area contributed by atoms with E-state index in [1.165, 1.54) is 0 Å². The van der Waals surface area contributed by atoms with Gasteiger partial charge in [-0.05, 0) is 55.0 Å². The van der Waals surface area contributed by atoms with Crippen LogP contribution in [0.2, 0.25) is 0 Å². The predicted octanol–water partition coefficient (Wildman–Crippen LogP) is 5.26. The van der Waals surface area contributed by atoms with Gasteiger partial charge >= 0.3 is 0 Å². The average molecular weight is 429 g/mol. The Morgan fingerprint density at radius 2 is 1.78 bits per heavy atom. The molecule has 0 saturated carbocycles. The maximum absolute atomic E-state index is 10.7. The molecule has 27 heavy (non-hydrogen) atoms. The Morgan fingerprint density at radius 1 is 1.11 bits per heavy atom. The maximum atomic E-state index is 10.7. The molecule has 0 spiro atoms. The van der Waals surface area contributed by atoms with Crippen LogP contribution in [-0.4, -0.2) is 24.6 Å². The minimum atomic E-state index is -1.18. The molecule has 0 radical (unpaired) electrons. The lowest BCUT2D eigenvalue weighted by molar-refractivity contribution is -0.161. The standard InChI is InChI=1S/C23H25BrO3/c1-23(25,15-3-5-17-27-22-6-2-4-16-26-22)20-11-7-18(8-12-20)19-9-13-21(24)14-10-19/h7-14,22,25H,2,4-6,16-17H2,1H3. The van der Waals surface area contributed by atoms with Crippen molar-refractivity contribution >= 4 is 15.9 Å². The van der Waals surface area contributed by atoms with Gasteiger partial charge in [0.15, 0.2) is 6.29 Å². The Hall–Kier alpha value is -1.64. The van der Waals surface area contributed by atoms with Crippen molar-refractivity contribution in [2.75, 3.05) is 13.2 Å². The third kappa shape index (κ3) is 5.92. The highest BCUT2D eigenvalue weighted by atomic mass is 79.9. The van der Waals surface area contributed by atoms with Crippen molar-refractivity contribution < 1.29 is 14.6 Å². The Morgan fingerprint density at radius 3 is 2.41 bits per heavy atom. The Bertz CT molecular complexity index is 779. The fourth-order valence-corrected chi connectivity index (χ4v) is 3.28. The highest BCUT2D eigenvalue weighted by molar-refractivity contribution is 9.10. The molecule has 2 aromatic rings. The van der Waals surface area contributed by atoms with Gasteiger partial charge in [0.2, 0.25) is 0 Å². The van der Waals surface area contributed by atoms with E-state index in [2.05, 4.69) is 39.9 Å². The van der Waals surface area contributed by atoms with Crippen molar-refractivity contribution in [1.29, 1.82) is 0 Å². The smallest absolute Gasteiger partial charge is 0.157 e. The molecule has 0 aromatic heterocycles. The van der Waals surface area contributed by atoms with Gasteiger partial charge in [0.25, 0.3) is 0 Å². The molecular formula is C23H25BrO3. The molecule has 1 heterocycles. The maximum Gasteiger partial charge on any atom is 0.157 e. The van der Waals surface area contributed by atoms with E-state index in [1.54, 1.807) is 6.92 Å². The van der Waals surface area contributed by atoms with Gasteiger partial charge in [-0.3, -0.25) is 0 Å². The number of aliphatic hydroxyl groups is 1. The van der Waals surface area contributed by atoms with Gasteiger partial charge in [-0.1, -0.05) is 64.2 Å². The molecule has 2 unspecified atom stereocenters. The Labute approximate surface area is 169 Å². The second-order valence-corrected chi connectivity index (χ2v) is 7.79. The minimum absolute atomic E-state index is 0.0905. The summed E-state index contributed by atoms with van der Waals surface area (Å²) in [5.41, 5.74) is 1.85. The fourth-order valence-electron chi connectivity index (χ4n) is 3.02. The zero-order valence-corrected chi connectivity index (χ0v) is 17.2. The van der Waals surface area contributed by atoms with Crippen LogP contribution in [-0.2, 0) is 15.1 Å². The van der Waals surface area contributed by atoms with Crippen LogP contribution in [0.15, 0.2) is 53.0 Å². The van der Waals surface area contributed by atoms with Crippen LogP contribution < -0.4 is 0 Å². The van der Waals surface area contributed by atoms with Gasteiger partial charge in [0, 0.05) is 17.5 Å². The molecule has 1 aliphatic rings. The quantitative estimate of drug-likeness (QED) is 0.521. The summed E-state index contributed by atoms with van der Waals surface area (Å²) in [4.78, 5) is 0. The van der Waals surface area contributed by atoms with E-state index in [1.807, 2.05) is 36.4 Å². The zero-order chi connectivity index (χ0) is 19.1. The topological polar surface area (TPSA) is 38.7 Å². The number of hydrogen-bond donors (Lipinski definition) is 1. The molecule has 1 N–H and O–H groups in total. The van der Waals surface area contributed by atoms with E-state index in [0.29, 0.717) is 13.0 Å². The lowest BCUT2D eigenvalue weighted by Crippen LogP contribution is -2.22. The number of rotatable bonds is 5. The van der Waals surface area contributed by atoms with E-state index in [9.17, 15) is 5.11 Å². The molecule has 2 atom stereocenters. The van der Waals surface area contributed by atoms with Crippen molar-refractivity contribution in [3.63, 3.8) is 0 Å². The molecule has 0 amide bonds. The second kappa shape index (κ2) is 9.52. The normalized spacial score (nSPS) is 19.0. The molecule has 0 bridgehead atoms. The summed E-state index contributed by atoms with van der Waals surface area (Å²) < 4.78 is 12.2. The number of halogens is 1. The van der Waals surface area contributed by atoms with E-state index >= 15 is 0 Å². The molecule has 142 valence electrons. The summed E-state index contributed by atoms with van der Waals surface area (Å²) in [6.07, 6.45) is 3.71. The molecule has 3 nitrogen and oxygen atoms in total. The summed E-state index contributed by atoms with van der Waals surface area (Å²) in [6.45, 7) is 3.03. The van der Waals surface area contributed by atoms with Gasteiger partial charge in [0.05, 0.1) is 6.61 Å². The summed E-state index contributed by atoms with van der Waals surface area (Å²) in [5, 5.41) is 10.7. The largest absolute Gasteiger partial charge is 0.374 e. The lowest BCUT2D eigenvalue weighted by atomic mass is 9.94. The number of hydrogen-bond acceptors (Lipinski definition) is 3. The molecule has 3 rings (SSSR count). The second-order valence-electron chi connectivity index (χ2n) is 6.88. The number of benzene rings is 2. The van der Waals surface area contributed by atoms with Crippen molar-refractivity contribution in [2.24, 2.45) is 0 Å². The van der Waals surface area contributed by atoms with Crippen molar-refractivity contribution in [3.8, 4) is 23.0 Å². The molecule has 2 aromatic carbocycles. The highest BCUT2D eigenvalue weighted by Gasteiger charge is 2.19. The summed E-state index contributed by atoms with van der Waals surface area (Å²) in [6, 6.07) is 16.0. The van der Waals surface area contributed by atoms with Crippen molar-refractivity contribution in [3.05, 3.63) is 58.6 Å². The van der Waals surface area contributed by atoms with Crippen LogP contribution in [0, 0.1) is 11.8 Å². The summed E-state index contributed by atoms with van der Waals surface area (Å²) in [7, 11) is 0. The number of ether oxygens (including phenoxy) is 2. The molecule has 4 heteroatoms. The monoisotopic (exact) mass is 428 g/mol. The van der Waals surface area contributed by atoms with Gasteiger partial charge in [-0.25, -0.2) is 0 Å². The Balaban J connectivity index is 1.55. The molecule has 0 aliphatic carbocycles. The lowest BCUT2D eigenvalue weighted by Gasteiger charge is -2.22. The SMILES string of the molecule is CC(O)(C#CCCOC1CCCCO1)c1ccc(-c2ccc(Br)cc2)cc1. The van der Waals surface area contributed by atoms with Crippen LogP contribution in [0.25, 0.3) is 11.1 Å². The molecule has 1 aliphatic heterocycles. The first-order valence-corrected chi connectivity index (χ1v) is 10.2. The van der Waals surface area contributed by atoms with Crippen LogP contribution in [0.1, 0.15) is 38.2 Å². The third-order valence-electron chi connectivity index (χ3n) is 4.63. The zero-order valence-electron chi connectivity index (χ0n) is 15.6. The van der Waals surface area contributed by atoms with Gasteiger partial charge in [-0.15, -0.1) is 0 Å². The van der Waals surface area contributed by atoms with E-state index in [-0.39, 0.29) is 6.29 Å². The first-order chi connectivity index (χ1) is 13.0. The molecule has 1 fully saturated rings. The summed E-state index contributed by atoms with van der Waals surface area (Å²) in [5.74, 6) is 5.99. The minimum Gasteiger partial charge on any atom is -0.374 e. The Kier molecular flexibility index (Phi) is 7.09. The van der Waals surface area contributed by atoms with Gasteiger partial charge < -0.3 is 14.6 Å². The first-order valence-electron chi connectivity index (χ1n) is 9.37. The van der Waals surface area contributed by atoms with Crippen LogP contribution in [0.5, 0.6) is 0 Å². The van der Waals surface area contributed by atoms with Gasteiger partial charge in [0.1, 0.15) is 5.60 Å². The van der Waals surface area contributed by atoms with Crippen molar-refractivity contribution in [2.45, 2.75) is 44.5 Å². The van der Waals surface area contributed by atoms with Crippen LogP contribution in [0.3, 0.4) is 0 Å². The van der Waals surface area contributed by atoms with E-state index < -0.39 is 5.60 Å². The predicted molar refractivity (Wildman–Crippen MR) is 111 cm³/mol. The fraction of sp³-hybridized carbons (Fsp3) is 0.391. The van der Waals surface area contributed by atoms with E-state index in [0.717, 1.165) is 47.0 Å². The summed E-state index contributed by atoms with van der Waals surface area (Å²) >= 11 is 3.45. The molecule has 1 saturated heterocycles. The van der Waals surface area contributed by atoms with Gasteiger partial charge in [-0.2, -0.15) is 0 Å².